The Bertz CT molecular complexity index is 231. The number of carbonyl (C=O) groups is 1. The van der Waals surface area contributed by atoms with Crippen molar-refractivity contribution in [3.05, 3.63) is 0 Å². The maximum Gasteiger partial charge on any atom is 0.326 e. The summed E-state index contributed by atoms with van der Waals surface area (Å²) in [5, 5.41) is 9.50. The van der Waals surface area contributed by atoms with Crippen LogP contribution >= 0.6 is 0 Å². The van der Waals surface area contributed by atoms with E-state index in [0.29, 0.717) is 13.0 Å². The van der Waals surface area contributed by atoms with Gasteiger partial charge in [0.15, 0.2) is 0 Å². The number of hydrogen-bond acceptors (Lipinski definition) is 4. The molecule has 0 spiro atoms. The predicted molar refractivity (Wildman–Crippen MR) is 46.2 cm³/mol. The van der Waals surface area contributed by atoms with E-state index in [9.17, 15) is 9.90 Å². The third kappa shape index (κ3) is 1.16. The normalized spacial score (nSPS) is 39.1. The van der Waals surface area contributed by atoms with Gasteiger partial charge in [0.25, 0.3) is 0 Å². The van der Waals surface area contributed by atoms with Gasteiger partial charge in [-0.05, 0) is 19.4 Å². The predicted octanol–water partition coefficient (Wildman–Crippen LogP) is -0.241. The molecule has 1 N–H and O–H groups in total. The molecule has 4 nitrogen and oxygen atoms in total. The molecular weight excluding hydrogens is 170 g/mol. The van der Waals surface area contributed by atoms with Crippen molar-refractivity contribution in [2.45, 2.75) is 30.9 Å². The highest BCUT2D eigenvalue weighted by Crippen LogP contribution is 2.39. The molecule has 0 aromatic heterocycles. The Hall–Kier alpha value is -0.610. The number of esters is 1. The topological polar surface area (TPSA) is 49.8 Å². The summed E-state index contributed by atoms with van der Waals surface area (Å²) >= 11 is 0. The van der Waals surface area contributed by atoms with E-state index >= 15 is 0 Å². The summed E-state index contributed by atoms with van der Waals surface area (Å²) in [4.78, 5) is 13.6. The molecule has 0 aromatic carbocycles. The van der Waals surface area contributed by atoms with Crippen LogP contribution in [0.15, 0.2) is 0 Å². The van der Waals surface area contributed by atoms with Crippen molar-refractivity contribution < 1.29 is 14.6 Å². The van der Waals surface area contributed by atoms with Crippen LogP contribution in [0.3, 0.4) is 0 Å². The first-order valence-corrected chi connectivity index (χ1v) is 4.70. The Morgan fingerprint density at radius 2 is 2.46 bits per heavy atom. The van der Waals surface area contributed by atoms with Crippen molar-refractivity contribution in [2.75, 3.05) is 20.2 Å². The van der Waals surface area contributed by atoms with Gasteiger partial charge in [-0.25, -0.2) is 0 Å². The first-order chi connectivity index (χ1) is 6.19. The van der Waals surface area contributed by atoms with E-state index in [4.69, 9.17) is 4.74 Å². The molecule has 0 amide bonds. The van der Waals surface area contributed by atoms with Crippen molar-refractivity contribution in [3.63, 3.8) is 0 Å². The number of nitrogens with zero attached hydrogens (tertiary/aromatic N) is 1. The third-order valence-electron chi connectivity index (χ3n) is 3.19. The first-order valence-electron chi connectivity index (χ1n) is 4.70. The highest BCUT2D eigenvalue weighted by Gasteiger charge is 2.54. The van der Waals surface area contributed by atoms with Crippen molar-refractivity contribution in [1.82, 2.24) is 4.90 Å². The fourth-order valence-electron chi connectivity index (χ4n) is 2.64. The molecular formula is C9H15NO3. The summed E-state index contributed by atoms with van der Waals surface area (Å²) in [6.07, 6.45) is 2.04. The number of fused-ring (bicyclic) bond motifs is 1. The van der Waals surface area contributed by atoms with Gasteiger partial charge in [-0.3, -0.25) is 9.69 Å². The second kappa shape index (κ2) is 2.96. The largest absolute Gasteiger partial charge is 0.468 e. The molecule has 0 saturated carbocycles. The summed E-state index contributed by atoms with van der Waals surface area (Å²) in [6, 6.07) is 0. The zero-order valence-electron chi connectivity index (χ0n) is 7.82. The Labute approximate surface area is 77.5 Å². The van der Waals surface area contributed by atoms with Gasteiger partial charge in [-0.2, -0.15) is 0 Å². The van der Waals surface area contributed by atoms with Crippen molar-refractivity contribution in [2.24, 2.45) is 0 Å². The highest BCUT2D eigenvalue weighted by molar-refractivity contribution is 5.81. The number of rotatable bonds is 1. The molecule has 2 heterocycles. The molecule has 1 unspecified atom stereocenters. The average Bonchev–Trinajstić information content (AvgIpc) is 2.59. The maximum atomic E-state index is 11.6. The van der Waals surface area contributed by atoms with Crippen molar-refractivity contribution in [3.8, 4) is 0 Å². The molecule has 2 aliphatic rings. The maximum absolute atomic E-state index is 11.6. The van der Waals surface area contributed by atoms with Crippen LogP contribution in [-0.2, 0) is 9.53 Å². The Morgan fingerprint density at radius 3 is 3.15 bits per heavy atom. The van der Waals surface area contributed by atoms with Crippen LogP contribution in [0.5, 0.6) is 0 Å². The minimum atomic E-state index is -0.492. The Morgan fingerprint density at radius 1 is 1.69 bits per heavy atom. The summed E-state index contributed by atoms with van der Waals surface area (Å²) in [5.41, 5.74) is -0.492. The Balaban J connectivity index is 2.23. The number of carbonyl (C=O) groups excluding carboxylic acids is 1. The molecule has 74 valence electrons. The van der Waals surface area contributed by atoms with E-state index in [2.05, 4.69) is 4.90 Å². The quantitative estimate of drug-likeness (QED) is 0.573. The van der Waals surface area contributed by atoms with Crippen LogP contribution < -0.4 is 0 Å². The average molecular weight is 185 g/mol. The smallest absolute Gasteiger partial charge is 0.326 e. The van der Waals surface area contributed by atoms with E-state index in [1.165, 1.54) is 7.11 Å². The van der Waals surface area contributed by atoms with Gasteiger partial charge in [0.2, 0.25) is 0 Å². The van der Waals surface area contributed by atoms with Gasteiger partial charge in [-0.1, -0.05) is 0 Å². The van der Waals surface area contributed by atoms with Crippen LogP contribution in [-0.4, -0.2) is 47.8 Å². The summed E-state index contributed by atoms with van der Waals surface area (Å²) in [6.45, 7) is 1.53. The zero-order valence-corrected chi connectivity index (χ0v) is 7.82. The standard InChI is InChI=1S/C9H15NO3/c1-13-8(12)9-3-2-4-10(9)6-7(11)5-9/h7,11H,2-6H2,1H3/t7-,9?/m0/s1. The molecule has 13 heavy (non-hydrogen) atoms. The first kappa shape index (κ1) is 8.97. The number of β-amino-alcohol motifs (C(OH)–C–C–N with tert-alkyl or cyclic N) is 1. The van der Waals surface area contributed by atoms with Crippen LogP contribution in [0.4, 0.5) is 0 Å². The molecule has 2 rings (SSSR count). The van der Waals surface area contributed by atoms with Gasteiger partial charge in [0, 0.05) is 13.0 Å². The van der Waals surface area contributed by atoms with E-state index in [-0.39, 0.29) is 12.1 Å². The highest BCUT2D eigenvalue weighted by atomic mass is 16.5. The van der Waals surface area contributed by atoms with Gasteiger partial charge < -0.3 is 9.84 Å². The fraction of sp³-hybridized carbons (Fsp3) is 0.889. The molecule has 0 bridgehead atoms. The second-order valence-electron chi connectivity index (χ2n) is 3.93. The van der Waals surface area contributed by atoms with E-state index in [1.54, 1.807) is 0 Å². The zero-order chi connectivity index (χ0) is 9.47. The van der Waals surface area contributed by atoms with Gasteiger partial charge in [-0.15, -0.1) is 0 Å². The number of ether oxygens (including phenoxy) is 1. The van der Waals surface area contributed by atoms with E-state index < -0.39 is 5.54 Å². The number of aliphatic hydroxyl groups excluding tert-OH is 1. The molecule has 2 fully saturated rings. The SMILES string of the molecule is COC(=O)C12CCCN1C[C@@H](O)C2. The third-order valence-corrected chi connectivity index (χ3v) is 3.19. The van der Waals surface area contributed by atoms with Gasteiger partial charge >= 0.3 is 5.97 Å². The lowest BCUT2D eigenvalue weighted by Gasteiger charge is -2.27. The fourth-order valence-corrected chi connectivity index (χ4v) is 2.64. The molecule has 0 aliphatic carbocycles. The molecule has 0 aromatic rings. The summed E-state index contributed by atoms with van der Waals surface area (Å²) in [7, 11) is 1.41. The van der Waals surface area contributed by atoms with Crippen molar-refractivity contribution in [1.29, 1.82) is 0 Å². The van der Waals surface area contributed by atoms with Gasteiger partial charge in [0.05, 0.1) is 13.2 Å². The monoisotopic (exact) mass is 185 g/mol. The molecule has 2 atom stereocenters. The van der Waals surface area contributed by atoms with Crippen molar-refractivity contribution >= 4 is 5.97 Å². The summed E-state index contributed by atoms with van der Waals surface area (Å²) < 4.78 is 4.80. The molecule has 4 heteroatoms. The number of hydrogen-bond donors (Lipinski definition) is 1. The minimum Gasteiger partial charge on any atom is -0.468 e. The molecule has 0 radical (unpaired) electrons. The van der Waals surface area contributed by atoms with Gasteiger partial charge in [0.1, 0.15) is 5.54 Å². The van der Waals surface area contributed by atoms with E-state index in [0.717, 1.165) is 19.4 Å². The van der Waals surface area contributed by atoms with Crippen LogP contribution in [0.2, 0.25) is 0 Å². The lowest BCUT2D eigenvalue weighted by molar-refractivity contribution is -0.151. The van der Waals surface area contributed by atoms with Crippen LogP contribution in [0.1, 0.15) is 19.3 Å². The number of aliphatic hydroxyl groups is 1. The molecule has 2 aliphatic heterocycles. The Kier molecular flexibility index (Phi) is 2.04. The minimum absolute atomic E-state index is 0.179. The molecule has 2 saturated heterocycles. The number of methoxy groups -OCH3 is 1. The summed E-state index contributed by atoms with van der Waals surface area (Å²) in [5.74, 6) is -0.179. The van der Waals surface area contributed by atoms with E-state index in [1.807, 2.05) is 0 Å². The van der Waals surface area contributed by atoms with Crippen LogP contribution in [0, 0.1) is 0 Å². The van der Waals surface area contributed by atoms with Crippen LogP contribution in [0.25, 0.3) is 0 Å². The lowest BCUT2D eigenvalue weighted by Crippen LogP contribution is -2.46. The second-order valence-corrected chi connectivity index (χ2v) is 3.93. The lowest BCUT2D eigenvalue weighted by atomic mass is 9.93.